The van der Waals surface area contributed by atoms with E-state index in [1.807, 2.05) is 54.8 Å². The summed E-state index contributed by atoms with van der Waals surface area (Å²) in [4.78, 5) is 21.5. The van der Waals surface area contributed by atoms with Gasteiger partial charge in [-0.05, 0) is 55.0 Å². The Morgan fingerprint density at radius 1 is 1.22 bits per heavy atom. The van der Waals surface area contributed by atoms with Gasteiger partial charge in [0.1, 0.15) is 11.9 Å². The van der Waals surface area contributed by atoms with Gasteiger partial charge in [-0.15, -0.1) is 0 Å². The molecule has 170 valence electrons. The fourth-order valence-corrected chi connectivity index (χ4v) is 5.80. The highest BCUT2D eigenvalue weighted by Crippen LogP contribution is 2.27. The first kappa shape index (κ1) is 22.8. The van der Waals surface area contributed by atoms with Crippen molar-refractivity contribution < 1.29 is 13.2 Å². The Kier molecular flexibility index (Phi) is 6.88. The standard InChI is InChI=1S/C23H28N4O3S2/c1-3-32(29,30)27-15-17-9-5-4-8-16(17)14-21(27)23(28)26-20(12-13-31-2)22-24-18-10-6-7-11-19(18)25-22/h4-11,20-21H,3,12-15H2,1-2H3,(H,24,25)(H,26,28)/t20-,21+/m0/s1. The number of H-pyrrole nitrogens is 1. The Balaban J connectivity index is 1.63. The zero-order chi connectivity index (χ0) is 22.7. The second-order valence-electron chi connectivity index (χ2n) is 7.92. The first-order valence-corrected chi connectivity index (χ1v) is 13.7. The van der Waals surface area contributed by atoms with E-state index in [1.165, 1.54) is 4.31 Å². The van der Waals surface area contributed by atoms with Gasteiger partial charge in [-0.2, -0.15) is 16.1 Å². The molecule has 0 aliphatic carbocycles. The van der Waals surface area contributed by atoms with Crippen molar-refractivity contribution in [3.05, 3.63) is 65.5 Å². The molecule has 4 rings (SSSR count). The van der Waals surface area contributed by atoms with Crippen LogP contribution in [0.4, 0.5) is 0 Å². The van der Waals surface area contributed by atoms with Crippen molar-refractivity contribution in [2.24, 2.45) is 0 Å². The molecule has 2 aromatic carbocycles. The molecule has 9 heteroatoms. The van der Waals surface area contributed by atoms with Gasteiger partial charge in [0.2, 0.25) is 15.9 Å². The number of thioether (sulfide) groups is 1. The number of para-hydroxylation sites is 2. The summed E-state index contributed by atoms with van der Waals surface area (Å²) in [6, 6.07) is 14.4. The van der Waals surface area contributed by atoms with E-state index < -0.39 is 16.1 Å². The smallest absolute Gasteiger partial charge is 0.239 e. The summed E-state index contributed by atoms with van der Waals surface area (Å²) < 4.78 is 27.1. The van der Waals surface area contributed by atoms with E-state index in [4.69, 9.17) is 0 Å². The lowest BCUT2D eigenvalue weighted by Crippen LogP contribution is -2.53. The first-order chi connectivity index (χ1) is 15.4. The molecule has 1 aliphatic rings. The van der Waals surface area contributed by atoms with Gasteiger partial charge in [0, 0.05) is 6.54 Å². The lowest BCUT2D eigenvalue weighted by Gasteiger charge is -2.35. The molecule has 1 aromatic heterocycles. The van der Waals surface area contributed by atoms with Crippen molar-refractivity contribution in [1.82, 2.24) is 19.6 Å². The molecule has 2 atom stereocenters. The number of hydrogen-bond acceptors (Lipinski definition) is 5. The average molecular weight is 473 g/mol. The number of hydrogen-bond donors (Lipinski definition) is 2. The third-order valence-electron chi connectivity index (χ3n) is 5.90. The molecule has 0 saturated carbocycles. The maximum Gasteiger partial charge on any atom is 0.239 e. The molecule has 32 heavy (non-hydrogen) atoms. The Labute approximate surface area is 193 Å². The zero-order valence-corrected chi connectivity index (χ0v) is 19.9. The van der Waals surface area contributed by atoms with Crippen molar-refractivity contribution in [3.8, 4) is 0 Å². The fourth-order valence-electron chi connectivity index (χ4n) is 4.10. The second-order valence-corrected chi connectivity index (χ2v) is 11.1. The predicted molar refractivity (Wildman–Crippen MR) is 129 cm³/mol. The Hall–Kier alpha value is -2.36. The van der Waals surface area contributed by atoms with Crippen molar-refractivity contribution in [3.63, 3.8) is 0 Å². The lowest BCUT2D eigenvalue weighted by atomic mass is 9.95. The first-order valence-electron chi connectivity index (χ1n) is 10.7. The van der Waals surface area contributed by atoms with Gasteiger partial charge < -0.3 is 10.3 Å². The molecule has 0 bridgehead atoms. The van der Waals surface area contributed by atoms with Gasteiger partial charge in [0.25, 0.3) is 0 Å². The zero-order valence-electron chi connectivity index (χ0n) is 18.2. The van der Waals surface area contributed by atoms with E-state index in [0.717, 1.165) is 27.9 Å². The summed E-state index contributed by atoms with van der Waals surface area (Å²) in [5.74, 6) is 1.20. The van der Waals surface area contributed by atoms with Crippen LogP contribution in [0.15, 0.2) is 48.5 Å². The number of carbonyl (C=O) groups is 1. The van der Waals surface area contributed by atoms with Crippen LogP contribution in [0.25, 0.3) is 11.0 Å². The largest absolute Gasteiger partial charge is 0.345 e. The quantitative estimate of drug-likeness (QED) is 0.525. The third-order valence-corrected chi connectivity index (χ3v) is 8.37. The van der Waals surface area contributed by atoms with E-state index in [0.29, 0.717) is 18.7 Å². The topological polar surface area (TPSA) is 95.2 Å². The number of rotatable bonds is 8. The molecule has 1 amide bonds. The van der Waals surface area contributed by atoms with E-state index >= 15 is 0 Å². The molecule has 0 radical (unpaired) electrons. The molecule has 0 unspecified atom stereocenters. The van der Waals surface area contributed by atoms with Crippen LogP contribution in [0.3, 0.4) is 0 Å². The summed E-state index contributed by atoms with van der Waals surface area (Å²) in [6.07, 6.45) is 3.07. The van der Waals surface area contributed by atoms with Crippen LogP contribution >= 0.6 is 11.8 Å². The molecule has 7 nitrogen and oxygen atoms in total. The number of nitrogens with one attached hydrogen (secondary N) is 2. The summed E-state index contributed by atoms with van der Waals surface area (Å²) in [5.41, 5.74) is 3.71. The summed E-state index contributed by atoms with van der Waals surface area (Å²) in [5, 5.41) is 3.10. The third kappa shape index (κ3) is 4.69. The molecule has 1 aliphatic heterocycles. The number of benzene rings is 2. The van der Waals surface area contributed by atoms with Gasteiger partial charge in [-0.3, -0.25) is 4.79 Å². The molecule has 0 spiro atoms. The minimum absolute atomic E-state index is 0.0432. The van der Waals surface area contributed by atoms with Gasteiger partial charge in [-0.1, -0.05) is 36.4 Å². The highest BCUT2D eigenvalue weighted by Gasteiger charge is 2.38. The number of amides is 1. The Bertz CT molecular complexity index is 1180. The van der Waals surface area contributed by atoms with Crippen LogP contribution in [-0.4, -0.2) is 52.4 Å². The number of carbonyl (C=O) groups excluding carboxylic acids is 1. The number of imidazole rings is 1. The normalized spacial score (nSPS) is 17.8. The van der Waals surface area contributed by atoms with Crippen LogP contribution in [0.2, 0.25) is 0 Å². The summed E-state index contributed by atoms with van der Waals surface area (Å²) >= 11 is 1.69. The van der Waals surface area contributed by atoms with Crippen LogP contribution < -0.4 is 5.32 Å². The molecule has 2 heterocycles. The molecular weight excluding hydrogens is 444 g/mol. The Morgan fingerprint density at radius 2 is 1.94 bits per heavy atom. The molecule has 0 saturated heterocycles. The summed E-state index contributed by atoms with van der Waals surface area (Å²) in [6.45, 7) is 1.82. The predicted octanol–water partition coefficient (Wildman–Crippen LogP) is 3.25. The number of sulfonamides is 1. The van der Waals surface area contributed by atoms with E-state index in [1.54, 1.807) is 18.7 Å². The molecule has 0 fully saturated rings. The van der Waals surface area contributed by atoms with Gasteiger partial charge in [-0.25, -0.2) is 13.4 Å². The monoisotopic (exact) mass is 472 g/mol. The maximum atomic E-state index is 13.5. The van der Waals surface area contributed by atoms with Crippen LogP contribution in [0.5, 0.6) is 0 Å². The van der Waals surface area contributed by atoms with E-state index in [9.17, 15) is 13.2 Å². The van der Waals surface area contributed by atoms with Crippen molar-refractivity contribution >= 4 is 38.7 Å². The molecule has 2 N–H and O–H groups in total. The maximum absolute atomic E-state index is 13.5. The van der Waals surface area contributed by atoms with E-state index in [-0.39, 0.29) is 24.2 Å². The fraction of sp³-hybridized carbons (Fsp3) is 0.391. The minimum atomic E-state index is -3.55. The highest BCUT2D eigenvalue weighted by molar-refractivity contribution is 7.98. The highest BCUT2D eigenvalue weighted by atomic mass is 32.2. The van der Waals surface area contributed by atoms with E-state index in [2.05, 4.69) is 15.3 Å². The number of aromatic amines is 1. The second kappa shape index (κ2) is 9.64. The van der Waals surface area contributed by atoms with Gasteiger partial charge in [0.05, 0.1) is 22.8 Å². The number of aromatic nitrogens is 2. The number of nitrogens with zero attached hydrogens (tertiary/aromatic N) is 2. The molecule has 3 aromatic rings. The Morgan fingerprint density at radius 3 is 2.66 bits per heavy atom. The van der Waals surface area contributed by atoms with Gasteiger partial charge in [0.15, 0.2) is 0 Å². The van der Waals surface area contributed by atoms with Crippen LogP contribution in [0, 0.1) is 0 Å². The van der Waals surface area contributed by atoms with Crippen molar-refractivity contribution in [1.29, 1.82) is 0 Å². The SMILES string of the molecule is CCS(=O)(=O)N1Cc2ccccc2C[C@@H]1C(=O)N[C@@H](CCSC)c1nc2ccccc2[nH]1. The minimum Gasteiger partial charge on any atom is -0.345 e. The number of fused-ring (bicyclic) bond motifs is 2. The van der Waals surface area contributed by atoms with Crippen LogP contribution in [0.1, 0.15) is 36.3 Å². The average Bonchev–Trinajstić information content (AvgIpc) is 3.25. The van der Waals surface area contributed by atoms with Crippen molar-refractivity contribution in [2.75, 3.05) is 17.8 Å². The molecular formula is C23H28N4O3S2. The van der Waals surface area contributed by atoms with Crippen molar-refractivity contribution in [2.45, 2.75) is 38.4 Å². The lowest BCUT2D eigenvalue weighted by molar-refractivity contribution is -0.126. The van der Waals surface area contributed by atoms with Gasteiger partial charge >= 0.3 is 0 Å². The summed E-state index contributed by atoms with van der Waals surface area (Å²) in [7, 11) is -3.55. The van der Waals surface area contributed by atoms with Crippen LogP contribution in [-0.2, 0) is 27.8 Å².